The number of rotatable bonds is 2. The van der Waals surface area contributed by atoms with Gasteiger partial charge < -0.3 is 5.32 Å². The first kappa shape index (κ1) is 13.7. The van der Waals surface area contributed by atoms with Crippen molar-refractivity contribution in [1.82, 2.24) is 5.32 Å². The highest BCUT2D eigenvalue weighted by Gasteiger charge is 2.23. The summed E-state index contributed by atoms with van der Waals surface area (Å²) in [5.74, 6) is -1.91. The average molecular weight is 287 g/mol. The topological polar surface area (TPSA) is 29.1 Å². The summed E-state index contributed by atoms with van der Waals surface area (Å²) in [6.07, 6.45) is 2.75. The number of benzene rings is 2. The fraction of sp³-hybridized carbons (Fsp3) is 0.235. The van der Waals surface area contributed by atoms with Crippen LogP contribution in [0, 0.1) is 11.6 Å². The van der Waals surface area contributed by atoms with Gasteiger partial charge in [-0.3, -0.25) is 4.79 Å². The van der Waals surface area contributed by atoms with Gasteiger partial charge in [0.05, 0.1) is 11.6 Å². The Morgan fingerprint density at radius 1 is 1.14 bits per heavy atom. The molecule has 0 saturated carbocycles. The highest BCUT2D eigenvalue weighted by Crippen LogP contribution is 2.29. The molecule has 0 spiro atoms. The van der Waals surface area contributed by atoms with E-state index in [0.29, 0.717) is 0 Å². The number of carbonyl (C=O) groups excluding carboxylic acids is 1. The van der Waals surface area contributed by atoms with Crippen molar-refractivity contribution in [3.8, 4) is 0 Å². The SMILES string of the molecule is O=C(N[C@@H]1CCCc2ccccc21)c1cc(F)ccc1F. The molecule has 0 heterocycles. The molecule has 0 unspecified atom stereocenters. The maximum absolute atomic E-state index is 13.6. The van der Waals surface area contributed by atoms with Crippen LogP contribution in [-0.4, -0.2) is 5.91 Å². The fourth-order valence-corrected chi connectivity index (χ4v) is 2.81. The van der Waals surface area contributed by atoms with Crippen molar-refractivity contribution in [3.63, 3.8) is 0 Å². The molecule has 108 valence electrons. The third-order valence-corrected chi connectivity index (χ3v) is 3.85. The van der Waals surface area contributed by atoms with Gasteiger partial charge >= 0.3 is 0 Å². The zero-order valence-electron chi connectivity index (χ0n) is 11.4. The van der Waals surface area contributed by atoms with Gasteiger partial charge in [0.2, 0.25) is 0 Å². The van der Waals surface area contributed by atoms with E-state index in [9.17, 15) is 13.6 Å². The zero-order valence-corrected chi connectivity index (χ0v) is 11.4. The van der Waals surface area contributed by atoms with Crippen LogP contribution in [0.15, 0.2) is 42.5 Å². The molecule has 3 rings (SSSR count). The standard InChI is InChI=1S/C17H15F2NO/c18-12-8-9-15(19)14(10-12)17(21)20-16-7-3-5-11-4-1-2-6-13(11)16/h1-2,4,6,8-10,16H,3,5,7H2,(H,20,21)/t16-/m1/s1. The van der Waals surface area contributed by atoms with Crippen LogP contribution in [0.5, 0.6) is 0 Å². The highest BCUT2D eigenvalue weighted by atomic mass is 19.1. The number of aryl methyl sites for hydroxylation is 1. The number of halogens is 2. The van der Waals surface area contributed by atoms with Gasteiger partial charge in [-0.05, 0) is 48.6 Å². The van der Waals surface area contributed by atoms with Crippen LogP contribution in [0.25, 0.3) is 0 Å². The van der Waals surface area contributed by atoms with E-state index in [0.717, 1.165) is 43.0 Å². The maximum atomic E-state index is 13.6. The molecule has 1 amide bonds. The Morgan fingerprint density at radius 2 is 1.95 bits per heavy atom. The van der Waals surface area contributed by atoms with E-state index >= 15 is 0 Å². The molecule has 1 atom stereocenters. The van der Waals surface area contributed by atoms with Crippen molar-refractivity contribution in [3.05, 3.63) is 70.8 Å². The Bertz CT molecular complexity index is 684. The van der Waals surface area contributed by atoms with Gasteiger partial charge in [-0.15, -0.1) is 0 Å². The molecular weight excluding hydrogens is 272 g/mol. The summed E-state index contributed by atoms with van der Waals surface area (Å²) in [6.45, 7) is 0. The van der Waals surface area contributed by atoms with Crippen molar-refractivity contribution >= 4 is 5.91 Å². The smallest absolute Gasteiger partial charge is 0.254 e. The number of nitrogens with one attached hydrogen (secondary N) is 1. The lowest BCUT2D eigenvalue weighted by atomic mass is 9.87. The third kappa shape index (κ3) is 2.79. The molecule has 0 aliphatic heterocycles. The van der Waals surface area contributed by atoms with Gasteiger partial charge in [0.1, 0.15) is 11.6 Å². The molecule has 2 nitrogen and oxygen atoms in total. The quantitative estimate of drug-likeness (QED) is 0.895. The van der Waals surface area contributed by atoms with E-state index in [4.69, 9.17) is 0 Å². The molecule has 4 heteroatoms. The van der Waals surface area contributed by atoms with Gasteiger partial charge in [0.15, 0.2) is 0 Å². The lowest BCUT2D eigenvalue weighted by Crippen LogP contribution is -2.31. The maximum Gasteiger partial charge on any atom is 0.254 e. The van der Waals surface area contributed by atoms with E-state index in [1.165, 1.54) is 5.56 Å². The van der Waals surface area contributed by atoms with E-state index < -0.39 is 17.5 Å². The van der Waals surface area contributed by atoms with Crippen LogP contribution >= 0.6 is 0 Å². The second kappa shape index (κ2) is 5.64. The minimum Gasteiger partial charge on any atom is -0.345 e. The summed E-state index contributed by atoms with van der Waals surface area (Å²) in [6, 6.07) is 10.7. The Kier molecular flexibility index (Phi) is 3.69. The molecule has 1 N–H and O–H groups in total. The van der Waals surface area contributed by atoms with Gasteiger partial charge in [-0.1, -0.05) is 24.3 Å². The van der Waals surface area contributed by atoms with Gasteiger partial charge in [-0.25, -0.2) is 8.78 Å². The largest absolute Gasteiger partial charge is 0.345 e. The Morgan fingerprint density at radius 3 is 2.81 bits per heavy atom. The number of fused-ring (bicyclic) bond motifs is 1. The summed E-state index contributed by atoms with van der Waals surface area (Å²) < 4.78 is 26.8. The summed E-state index contributed by atoms with van der Waals surface area (Å²) in [4.78, 5) is 12.2. The van der Waals surface area contributed by atoms with Gasteiger partial charge in [0.25, 0.3) is 5.91 Å². The Hall–Kier alpha value is -2.23. The molecule has 0 radical (unpaired) electrons. The van der Waals surface area contributed by atoms with Crippen LogP contribution in [0.4, 0.5) is 8.78 Å². The van der Waals surface area contributed by atoms with E-state index in [1.807, 2.05) is 24.3 Å². The predicted molar refractivity (Wildman–Crippen MR) is 75.9 cm³/mol. The summed E-state index contributed by atoms with van der Waals surface area (Å²) in [5.41, 5.74) is 2.01. The van der Waals surface area contributed by atoms with E-state index in [-0.39, 0.29) is 11.6 Å². The lowest BCUT2D eigenvalue weighted by molar-refractivity contribution is 0.0928. The molecule has 2 aromatic carbocycles. The molecule has 1 aliphatic carbocycles. The van der Waals surface area contributed by atoms with Crippen molar-refractivity contribution in [1.29, 1.82) is 0 Å². The molecule has 0 saturated heterocycles. The van der Waals surface area contributed by atoms with Crippen molar-refractivity contribution < 1.29 is 13.6 Å². The minimum absolute atomic E-state index is 0.148. The molecule has 0 bridgehead atoms. The number of carbonyl (C=O) groups is 1. The van der Waals surface area contributed by atoms with Crippen LogP contribution in [0.2, 0.25) is 0 Å². The summed E-state index contributed by atoms with van der Waals surface area (Å²) in [5, 5.41) is 2.81. The Balaban J connectivity index is 1.84. The lowest BCUT2D eigenvalue weighted by Gasteiger charge is -2.26. The first-order valence-electron chi connectivity index (χ1n) is 6.99. The number of amides is 1. The van der Waals surface area contributed by atoms with Crippen LogP contribution in [0.3, 0.4) is 0 Å². The summed E-state index contributed by atoms with van der Waals surface area (Å²) >= 11 is 0. The number of hydrogen-bond donors (Lipinski definition) is 1. The first-order chi connectivity index (χ1) is 10.1. The highest BCUT2D eigenvalue weighted by molar-refractivity contribution is 5.94. The van der Waals surface area contributed by atoms with Crippen molar-refractivity contribution in [2.75, 3.05) is 0 Å². The van der Waals surface area contributed by atoms with Crippen LogP contribution in [-0.2, 0) is 6.42 Å². The van der Waals surface area contributed by atoms with E-state index in [2.05, 4.69) is 5.32 Å². The van der Waals surface area contributed by atoms with Gasteiger partial charge in [-0.2, -0.15) is 0 Å². The molecule has 21 heavy (non-hydrogen) atoms. The predicted octanol–water partition coefficient (Wildman–Crippen LogP) is 3.77. The monoisotopic (exact) mass is 287 g/mol. The van der Waals surface area contributed by atoms with Crippen molar-refractivity contribution in [2.24, 2.45) is 0 Å². The summed E-state index contributed by atoms with van der Waals surface area (Å²) in [7, 11) is 0. The minimum atomic E-state index is -0.710. The van der Waals surface area contributed by atoms with Gasteiger partial charge in [0, 0.05) is 0 Å². The second-order valence-corrected chi connectivity index (χ2v) is 5.24. The van der Waals surface area contributed by atoms with Crippen LogP contribution in [0.1, 0.15) is 40.4 Å². The Labute approximate surface area is 121 Å². The van der Waals surface area contributed by atoms with E-state index in [1.54, 1.807) is 0 Å². The van der Waals surface area contributed by atoms with Crippen molar-refractivity contribution in [2.45, 2.75) is 25.3 Å². The first-order valence-corrected chi connectivity index (χ1v) is 6.99. The normalized spacial score (nSPS) is 17.1. The average Bonchev–Trinajstić information content (AvgIpc) is 2.50. The van der Waals surface area contributed by atoms with Crippen LogP contribution < -0.4 is 5.32 Å². The fourth-order valence-electron chi connectivity index (χ4n) is 2.81. The molecule has 0 fully saturated rings. The molecule has 0 aromatic heterocycles. The third-order valence-electron chi connectivity index (χ3n) is 3.85. The number of hydrogen-bond acceptors (Lipinski definition) is 1. The zero-order chi connectivity index (χ0) is 14.8. The molecular formula is C17H15F2NO. The molecule has 2 aromatic rings. The molecule has 1 aliphatic rings. The second-order valence-electron chi connectivity index (χ2n) is 5.24.